The summed E-state index contributed by atoms with van der Waals surface area (Å²) in [4.78, 5) is 11.0. The molecule has 0 saturated heterocycles. The van der Waals surface area contributed by atoms with Gasteiger partial charge in [-0.2, -0.15) is 0 Å². The maximum atomic E-state index is 4.56. The van der Waals surface area contributed by atoms with Crippen LogP contribution in [0.15, 0.2) is 61.2 Å². The van der Waals surface area contributed by atoms with Gasteiger partial charge in [0.15, 0.2) is 0 Å². The number of hydrogen-bond donors (Lipinski definition) is 0. The van der Waals surface area contributed by atoms with Crippen LogP contribution in [0.5, 0.6) is 0 Å². The number of imidazole rings is 1. The van der Waals surface area contributed by atoms with E-state index in [2.05, 4.69) is 70.8 Å². The smallest absolute Gasteiger partial charge is 0.140 e. The minimum atomic E-state index is 0.372. The van der Waals surface area contributed by atoms with Gasteiger partial charge in [-0.05, 0) is 44.3 Å². The van der Waals surface area contributed by atoms with Gasteiger partial charge in [0, 0.05) is 36.4 Å². The van der Waals surface area contributed by atoms with Gasteiger partial charge in [0.2, 0.25) is 0 Å². The average molecular weight is 306 g/mol. The van der Waals surface area contributed by atoms with Gasteiger partial charge in [-0.15, -0.1) is 0 Å². The van der Waals surface area contributed by atoms with Crippen molar-refractivity contribution < 1.29 is 0 Å². The molecule has 0 radical (unpaired) electrons. The predicted molar refractivity (Wildman–Crippen MR) is 93.1 cm³/mol. The Morgan fingerprint density at radius 2 is 2.00 bits per heavy atom. The number of pyridine rings is 1. The molecule has 0 bridgehead atoms. The Morgan fingerprint density at radius 3 is 2.74 bits per heavy atom. The van der Waals surface area contributed by atoms with Crippen LogP contribution in [0.3, 0.4) is 0 Å². The molecule has 0 saturated carbocycles. The second kappa shape index (κ2) is 6.75. The molecule has 4 heteroatoms. The average Bonchev–Trinajstić information content (AvgIpc) is 3.03. The van der Waals surface area contributed by atoms with E-state index in [4.69, 9.17) is 0 Å². The largest absolute Gasteiger partial charge is 0.327 e. The minimum Gasteiger partial charge on any atom is -0.327 e. The zero-order valence-corrected chi connectivity index (χ0v) is 13.8. The third kappa shape index (κ3) is 3.48. The van der Waals surface area contributed by atoms with Crippen molar-refractivity contribution in [1.82, 2.24) is 19.4 Å². The standard InChI is InChI=1S/C19H22N4/c1-15(22(2)3)17-7-4-8-18(12-17)19-21-10-11-23(19)14-16-6-5-9-20-13-16/h4-13,15H,14H2,1-3H3/t15-/m0/s1. The second-order valence-electron chi connectivity index (χ2n) is 6.01. The van der Waals surface area contributed by atoms with Crippen molar-refractivity contribution in [3.63, 3.8) is 0 Å². The highest BCUT2D eigenvalue weighted by Crippen LogP contribution is 2.24. The SMILES string of the molecule is C[C@@H](c1cccc(-c2nccn2Cc2cccnc2)c1)N(C)C. The molecule has 0 unspecified atom stereocenters. The van der Waals surface area contributed by atoms with Crippen LogP contribution in [-0.2, 0) is 6.54 Å². The van der Waals surface area contributed by atoms with Gasteiger partial charge < -0.3 is 9.47 Å². The van der Waals surface area contributed by atoms with Crippen molar-refractivity contribution in [3.8, 4) is 11.4 Å². The van der Waals surface area contributed by atoms with Gasteiger partial charge in [0.25, 0.3) is 0 Å². The topological polar surface area (TPSA) is 34.0 Å². The Bertz CT molecular complexity index is 762. The van der Waals surface area contributed by atoms with Crippen LogP contribution in [0.1, 0.15) is 24.1 Å². The van der Waals surface area contributed by atoms with Crippen molar-refractivity contribution in [3.05, 3.63) is 72.3 Å². The molecule has 1 atom stereocenters. The summed E-state index contributed by atoms with van der Waals surface area (Å²) in [6, 6.07) is 13.0. The Morgan fingerprint density at radius 1 is 1.13 bits per heavy atom. The number of nitrogens with zero attached hydrogens (tertiary/aromatic N) is 4. The Balaban J connectivity index is 1.91. The monoisotopic (exact) mass is 306 g/mol. The zero-order valence-electron chi connectivity index (χ0n) is 13.8. The van der Waals surface area contributed by atoms with Crippen LogP contribution in [-0.4, -0.2) is 33.5 Å². The lowest BCUT2D eigenvalue weighted by molar-refractivity contribution is 0.321. The molecule has 2 heterocycles. The maximum Gasteiger partial charge on any atom is 0.140 e. The van der Waals surface area contributed by atoms with Crippen LogP contribution in [0.2, 0.25) is 0 Å². The first-order valence-corrected chi connectivity index (χ1v) is 7.82. The summed E-state index contributed by atoms with van der Waals surface area (Å²) in [7, 11) is 4.20. The first-order chi connectivity index (χ1) is 11.1. The molecule has 0 aliphatic heterocycles. The molecule has 2 aromatic heterocycles. The molecule has 0 spiro atoms. The maximum absolute atomic E-state index is 4.56. The summed E-state index contributed by atoms with van der Waals surface area (Å²) in [6.45, 7) is 2.98. The van der Waals surface area contributed by atoms with Gasteiger partial charge >= 0.3 is 0 Å². The second-order valence-corrected chi connectivity index (χ2v) is 6.01. The van der Waals surface area contributed by atoms with E-state index in [9.17, 15) is 0 Å². The van der Waals surface area contributed by atoms with E-state index in [0.717, 1.165) is 17.9 Å². The molecule has 3 rings (SSSR count). The molecule has 0 aliphatic rings. The molecule has 23 heavy (non-hydrogen) atoms. The van der Waals surface area contributed by atoms with E-state index < -0.39 is 0 Å². The molecule has 118 valence electrons. The highest BCUT2D eigenvalue weighted by Gasteiger charge is 2.11. The van der Waals surface area contributed by atoms with Crippen LogP contribution in [0, 0.1) is 0 Å². The lowest BCUT2D eigenvalue weighted by Crippen LogP contribution is -2.16. The highest BCUT2D eigenvalue weighted by molar-refractivity contribution is 5.57. The number of hydrogen-bond acceptors (Lipinski definition) is 3. The molecule has 0 amide bonds. The lowest BCUT2D eigenvalue weighted by Gasteiger charge is -2.20. The van der Waals surface area contributed by atoms with Crippen LogP contribution >= 0.6 is 0 Å². The van der Waals surface area contributed by atoms with E-state index in [1.54, 1.807) is 6.20 Å². The van der Waals surface area contributed by atoms with E-state index in [0.29, 0.717) is 6.04 Å². The normalized spacial score (nSPS) is 12.5. The molecular weight excluding hydrogens is 284 g/mol. The van der Waals surface area contributed by atoms with E-state index >= 15 is 0 Å². The molecular formula is C19H22N4. The summed E-state index contributed by atoms with van der Waals surface area (Å²) < 4.78 is 2.16. The zero-order chi connectivity index (χ0) is 16.2. The van der Waals surface area contributed by atoms with Crippen molar-refractivity contribution in [2.45, 2.75) is 19.5 Å². The molecule has 0 aliphatic carbocycles. The first kappa shape index (κ1) is 15.4. The predicted octanol–water partition coefficient (Wildman–Crippen LogP) is 3.62. The molecule has 3 aromatic rings. The Labute approximate surface area is 137 Å². The molecule has 4 nitrogen and oxygen atoms in total. The van der Waals surface area contributed by atoms with E-state index in [1.807, 2.05) is 24.7 Å². The van der Waals surface area contributed by atoms with Gasteiger partial charge in [-0.3, -0.25) is 4.98 Å². The Hall–Kier alpha value is -2.46. The van der Waals surface area contributed by atoms with Gasteiger partial charge in [-0.25, -0.2) is 4.98 Å². The summed E-state index contributed by atoms with van der Waals surface area (Å²) in [5.74, 6) is 0.988. The fourth-order valence-electron chi connectivity index (χ4n) is 2.62. The molecule has 0 N–H and O–H groups in total. The fraction of sp³-hybridized carbons (Fsp3) is 0.263. The minimum absolute atomic E-state index is 0.372. The van der Waals surface area contributed by atoms with Crippen molar-refractivity contribution in [2.24, 2.45) is 0 Å². The van der Waals surface area contributed by atoms with Crippen LogP contribution < -0.4 is 0 Å². The highest BCUT2D eigenvalue weighted by atomic mass is 15.1. The van der Waals surface area contributed by atoms with Crippen molar-refractivity contribution >= 4 is 0 Å². The Kier molecular flexibility index (Phi) is 4.53. The van der Waals surface area contributed by atoms with Gasteiger partial charge in [0.05, 0.1) is 6.54 Å². The third-order valence-electron chi connectivity index (χ3n) is 4.19. The summed E-state index contributed by atoms with van der Waals surface area (Å²) in [5.41, 5.74) is 3.61. The van der Waals surface area contributed by atoms with Crippen LogP contribution in [0.4, 0.5) is 0 Å². The van der Waals surface area contributed by atoms with Crippen molar-refractivity contribution in [2.75, 3.05) is 14.1 Å². The van der Waals surface area contributed by atoms with Gasteiger partial charge in [-0.1, -0.05) is 24.3 Å². The van der Waals surface area contributed by atoms with E-state index in [1.165, 1.54) is 11.1 Å². The van der Waals surface area contributed by atoms with Crippen LogP contribution in [0.25, 0.3) is 11.4 Å². The third-order valence-corrected chi connectivity index (χ3v) is 4.19. The molecule has 1 aromatic carbocycles. The quantitative estimate of drug-likeness (QED) is 0.722. The van der Waals surface area contributed by atoms with Gasteiger partial charge in [0.1, 0.15) is 5.82 Å². The molecule has 0 fully saturated rings. The first-order valence-electron chi connectivity index (χ1n) is 7.82. The summed E-state index contributed by atoms with van der Waals surface area (Å²) in [6.07, 6.45) is 7.57. The fourth-order valence-corrected chi connectivity index (χ4v) is 2.62. The number of rotatable bonds is 5. The number of benzene rings is 1. The lowest BCUT2D eigenvalue weighted by atomic mass is 10.0. The van der Waals surface area contributed by atoms with Crippen molar-refractivity contribution in [1.29, 1.82) is 0 Å². The summed E-state index contributed by atoms with van der Waals surface area (Å²) in [5, 5.41) is 0. The number of aromatic nitrogens is 3. The summed E-state index contributed by atoms with van der Waals surface area (Å²) >= 11 is 0. The van der Waals surface area contributed by atoms with E-state index in [-0.39, 0.29) is 0 Å².